The summed E-state index contributed by atoms with van der Waals surface area (Å²) in [5, 5.41) is 5.96. The highest BCUT2D eigenvalue weighted by atomic mass is 35.5. The lowest BCUT2D eigenvalue weighted by Crippen LogP contribution is -2.14. The molecule has 12 heteroatoms. The van der Waals surface area contributed by atoms with Gasteiger partial charge in [-0.2, -0.15) is 8.78 Å². The molecule has 1 heterocycles. The van der Waals surface area contributed by atoms with E-state index in [1.165, 1.54) is 30.6 Å². The van der Waals surface area contributed by atoms with Crippen molar-refractivity contribution in [2.75, 3.05) is 44.5 Å². The number of hydrogen-bond donors (Lipinski definition) is 2. The van der Waals surface area contributed by atoms with Crippen molar-refractivity contribution in [3.8, 4) is 5.75 Å². The normalized spacial score (nSPS) is 11.5. The Balaban J connectivity index is 1.95. The minimum atomic E-state index is -2.93. The van der Waals surface area contributed by atoms with Crippen molar-refractivity contribution in [1.82, 2.24) is 14.9 Å². The first kappa shape index (κ1) is 26.2. The fraction of sp³-hybridized carbons (Fsp3) is 0.261. The molecule has 0 unspecified atom stereocenters. The summed E-state index contributed by atoms with van der Waals surface area (Å²) in [7, 11) is 3.71. The van der Waals surface area contributed by atoms with E-state index < -0.39 is 18.3 Å². The molecule has 1 aromatic heterocycles. The molecular weight excluding hydrogens is 487 g/mol. The Labute approximate surface area is 204 Å². The lowest BCUT2D eigenvalue weighted by molar-refractivity contribution is -0.133. The summed E-state index contributed by atoms with van der Waals surface area (Å²) >= 11 is 5.86. The molecule has 0 bridgehead atoms. The quantitative estimate of drug-likeness (QED) is 0.282. The third-order valence-corrected chi connectivity index (χ3v) is 4.82. The number of fused-ring (bicyclic) bond motifs is 1. The largest absolute Gasteiger partial charge is 0.489 e. The van der Waals surface area contributed by atoms with Crippen molar-refractivity contribution in [2.45, 2.75) is 6.61 Å². The number of carbonyl (C=O) groups excluding carboxylic acids is 1. The highest BCUT2D eigenvalue weighted by Crippen LogP contribution is 2.34. The first-order valence-electron chi connectivity index (χ1n) is 10.4. The zero-order valence-corrected chi connectivity index (χ0v) is 19.7. The second-order valence-corrected chi connectivity index (χ2v) is 7.86. The average Bonchev–Trinajstić information content (AvgIpc) is 2.80. The summed E-state index contributed by atoms with van der Waals surface area (Å²) < 4.78 is 48.7. The number of halogens is 4. The first-order valence-corrected chi connectivity index (χ1v) is 10.8. The van der Waals surface area contributed by atoms with Gasteiger partial charge in [0.15, 0.2) is 5.82 Å². The summed E-state index contributed by atoms with van der Waals surface area (Å²) in [4.78, 5) is 22.7. The summed E-state index contributed by atoms with van der Waals surface area (Å²) in [6.45, 7) is -2.94. The minimum absolute atomic E-state index is 0.0625. The lowest BCUT2D eigenvalue weighted by atomic mass is 10.1. The Morgan fingerprint density at radius 2 is 2.00 bits per heavy atom. The van der Waals surface area contributed by atoms with E-state index in [1.54, 1.807) is 18.2 Å². The van der Waals surface area contributed by atoms with E-state index in [1.807, 2.05) is 19.0 Å². The highest BCUT2D eigenvalue weighted by molar-refractivity contribution is 6.31. The van der Waals surface area contributed by atoms with Crippen LogP contribution in [0.1, 0.15) is 0 Å². The predicted molar refractivity (Wildman–Crippen MR) is 128 cm³/mol. The van der Waals surface area contributed by atoms with Crippen molar-refractivity contribution >= 4 is 45.6 Å². The maximum absolute atomic E-state index is 14.4. The third kappa shape index (κ3) is 7.54. The number of anilines is 3. The Kier molecular flexibility index (Phi) is 9.24. The zero-order chi connectivity index (χ0) is 25.4. The van der Waals surface area contributed by atoms with Gasteiger partial charge >= 0.3 is 6.61 Å². The van der Waals surface area contributed by atoms with Gasteiger partial charge in [-0.25, -0.2) is 14.4 Å². The van der Waals surface area contributed by atoms with Crippen LogP contribution in [0.3, 0.4) is 0 Å². The van der Waals surface area contributed by atoms with Crippen LogP contribution in [0.4, 0.5) is 30.4 Å². The van der Waals surface area contributed by atoms with Gasteiger partial charge in [0, 0.05) is 24.1 Å². The topological polar surface area (TPSA) is 88.6 Å². The van der Waals surface area contributed by atoms with Crippen LogP contribution in [0.15, 0.2) is 48.8 Å². The van der Waals surface area contributed by atoms with Crippen molar-refractivity contribution in [3.05, 3.63) is 59.7 Å². The molecule has 1 amide bonds. The second-order valence-electron chi connectivity index (χ2n) is 7.45. The molecular formula is C23H23ClF3N5O3. The molecule has 0 atom stereocenters. The smallest absolute Gasteiger partial charge is 0.345 e. The number of aromatic nitrogens is 2. The summed E-state index contributed by atoms with van der Waals surface area (Å²) in [5.41, 5.74) is 0.730. The monoisotopic (exact) mass is 509 g/mol. The van der Waals surface area contributed by atoms with Gasteiger partial charge in [-0.3, -0.25) is 4.79 Å². The molecule has 2 N–H and O–H groups in total. The van der Waals surface area contributed by atoms with Crippen LogP contribution in [-0.2, 0) is 9.53 Å². The average molecular weight is 510 g/mol. The molecule has 0 aliphatic carbocycles. The van der Waals surface area contributed by atoms with E-state index in [0.717, 1.165) is 0 Å². The fourth-order valence-electron chi connectivity index (χ4n) is 2.96. The molecule has 0 fully saturated rings. The van der Waals surface area contributed by atoms with Gasteiger partial charge in [0.25, 0.3) is 0 Å². The number of likely N-dealkylation sites (N-methyl/N-ethyl adjacent to an activating group) is 1. The summed E-state index contributed by atoms with van der Waals surface area (Å²) in [6.07, 6.45) is 4.29. The number of nitrogens with zero attached hydrogens (tertiary/aromatic N) is 3. The molecule has 0 aliphatic heterocycles. The Morgan fingerprint density at radius 1 is 1.20 bits per heavy atom. The van der Waals surface area contributed by atoms with Crippen LogP contribution >= 0.6 is 11.6 Å². The van der Waals surface area contributed by atoms with Gasteiger partial charge in [0.2, 0.25) is 5.91 Å². The van der Waals surface area contributed by atoms with Crippen LogP contribution in [0.2, 0.25) is 5.02 Å². The van der Waals surface area contributed by atoms with E-state index >= 15 is 0 Å². The van der Waals surface area contributed by atoms with Crippen molar-refractivity contribution in [3.63, 3.8) is 0 Å². The molecule has 0 aliphatic rings. The molecule has 186 valence electrons. The van der Waals surface area contributed by atoms with E-state index in [9.17, 15) is 18.0 Å². The van der Waals surface area contributed by atoms with Gasteiger partial charge in [0.05, 0.1) is 28.5 Å². The molecule has 0 spiro atoms. The van der Waals surface area contributed by atoms with Crippen LogP contribution < -0.4 is 15.4 Å². The van der Waals surface area contributed by atoms with Gasteiger partial charge in [-0.15, -0.1) is 0 Å². The standard InChI is InChI=1S/C23H23ClF3N5O3/c1-32(2)8-4-7-20(33)30-18-11-14-17(12-19(18)34-9-10-35-23(26)27)28-13-29-22(14)31-16-6-3-5-15(24)21(16)25/h3-7,11-13,23H,8-10H2,1-2H3,(H,30,33)(H,28,29,31)/b7-4+. The maximum Gasteiger partial charge on any atom is 0.345 e. The lowest BCUT2D eigenvalue weighted by Gasteiger charge is -2.15. The van der Waals surface area contributed by atoms with Gasteiger partial charge in [-0.05, 0) is 32.3 Å². The number of nitrogens with one attached hydrogen (secondary N) is 2. The molecule has 3 aromatic rings. The molecule has 0 saturated carbocycles. The van der Waals surface area contributed by atoms with E-state index in [-0.39, 0.29) is 41.2 Å². The Bertz CT molecular complexity index is 1210. The zero-order valence-electron chi connectivity index (χ0n) is 18.9. The molecule has 2 aromatic carbocycles. The number of ether oxygens (including phenoxy) is 2. The van der Waals surface area contributed by atoms with Crippen LogP contribution in [-0.4, -0.2) is 61.2 Å². The number of hydrogen-bond acceptors (Lipinski definition) is 7. The number of benzene rings is 2. The molecule has 0 saturated heterocycles. The van der Waals surface area contributed by atoms with E-state index in [4.69, 9.17) is 16.3 Å². The van der Waals surface area contributed by atoms with Crippen molar-refractivity contribution in [1.29, 1.82) is 0 Å². The van der Waals surface area contributed by atoms with E-state index in [0.29, 0.717) is 17.4 Å². The SMILES string of the molecule is CN(C)C/C=C/C(=O)Nc1cc2c(Nc3cccc(Cl)c3F)ncnc2cc1OCCOC(F)F. The fourth-order valence-corrected chi connectivity index (χ4v) is 3.14. The van der Waals surface area contributed by atoms with Crippen molar-refractivity contribution in [2.24, 2.45) is 0 Å². The molecule has 35 heavy (non-hydrogen) atoms. The molecule has 8 nitrogen and oxygen atoms in total. The third-order valence-electron chi connectivity index (χ3n) is 4.52. The predicted octanol–water partition coefficient (Wildman–Crippen LogP) is 4.84. The van der Waals surface area contributed by atoms with Crippen molar-refractivity contribution < 1.29 is 27.4 Å². The van der Waals surface area contributed by atoms with Crippen LogP contribution in [0.5, 0.6) is 5.75 Å². The summed E-state index contributed by atoms with van der Waals surface area (Å²) in [6, 6.07) is 7.54. The molecule has 3 rings (SSSR count). The second kappa shape index (κ2) is 12.3. The van der Waals surface area contributed by atoms with Gasteiger partial charge in [0.1, 0.15) is 24.5 Å². The highest BCUT2D eigenvalue weighted by Gasteiger charge is 2.15. The summed E-state index contributed by atoms with van der Waals surface area (Å²) in [5.74, 6) is -0.655. The number of carbonyl (C=O) groups is 1. The van der Waals surface area contributed by atoms with Crippen LogP contribution in [0, 0.1) is 5.82 Å². The van der Waals surface area contributed by atoms with Gasteiger partial charge in [-0.1, -0.05) is 23.7 Å². The van der Waals surface area contributed by atoms with Gasteiger partial charge < -0.3 is 25.0 Å². The van der Waals surface area contributed by atoms with E-state index in [2.05, 4.69) is 25.3 Å². The Morgan fingerprint density at radius 3 is 2.74 bits per heavy atom. The number of amides is 1. The number of alkyl halides is 2. The first-order chi connectivity index (χ1) is 16.7. The Hall–Kier alpha value is -3.41. The minimum Gasteiger partial charge on any atom is -0.489 e. The molecule has 0 radical (unpaired) electrons. The maximum atomic E-state index is 14.4. The number of rotatable bonds is 11. The van der Waals surface area contributed by atoms with Crippen LogP contribution in [0.25, 0.3) is 10.9 Å².